The van der Waals surface area contributed by atoms with Crippen LogP contribution in [0.1, 0.15) is 45.6 Å². The lowest BCUT2D eigenvalue weighted by atomic mass is 10.0. The van der Waals surface area contributed by atoms with Crippen molar-refractivity contribution in [2.75, 3.05) is 19.6 Å². The van der Waals surface area contributed by atoms with Crippen LogP contribution in [0.15, 0.2) is 29.2 Å². The number of likely N-dealkylation sites (tertiary alicyclic amines) is 1. The summed E-state index contributed by atoms with van der Waals surface area (Å²) in [5.74, 6) is 1.65. The van der Waals surface area contributed by atoms with E-state index in [1.54, 1.807) is 0 Å². The molecule has 0 atom stereocenters. The van der Waals surface area contributed by atoms with Gasteiger partial charge in [0.2, 0.25) is 0 Å². The van der Waals surface area contributed by atoms with Crippen molar-refractivity contribution in [3.63, 3.8) is 0 Å². The monoisotopic (exact) mass is 342 g/mol. The molecule has 1 aromatic heterocycles. The van der Waals surface area contributed by atoms with Gasteiger partial charge in [-0.1, -0.05) is 20.8 Å². The number of benzene rings is 1. The second kappa shape index (κ2) is 8.05. The Kier molecular flexibility index (Phi) is 5.79. The van der Waals surface area contributed by atoms with Gasteiger partial charge in [0, 0.05) is 24.7 Å². The molecule has 0 bridgehead atoms. The highest BCUT2D eigenvalue weighted by molar-refractivity contribution is 5.85. The van der Waals surface area contributed by atoms with Crippen LogP contribution in [0.2, 0.25) is 0 Å². The van der Waals surface area contributed by atoms with Crippen molar-refractivity contribution in [3.8, 4) is 5.75 Å². The lowest BCUT2D eigenvalue weighted by molar-refractivity contribution is 0.0981. The van der Waals surface area contributed by atoms with Crippen molar-refractivity contribution in [1.82, 2.24) is 9.88 Å². The number of nitrogens with zero attached hydrogens (tertiary/aromatic N) is 1. The van der Waals surface area contributed by atoms with Gasteiger partial charge in [0.15, 0.2) is 0 Å². The van der Waals surface area contributed by atoms with Crippen molar-refractivity contribution in [2.45, 2.75) is 52.6 Å². The zero-order valence-electron chi connectivity index (χ0n) is 15.7. The number of piperidine rings is 1. The molecule has 1 aliphatic rings. The Hall–Kier alpha value is -1.81. The number of fused-ring (bicyclic) bond motifs is 1. The number of pyridine rings is 1. The highest BCUT2D eigenvalue weighted by Crippen LogP contribution is 2.25. The van der Waals surface area contributed by atoms with E-state index in [9.17, 15) is 4.79 Å². The molecule has 1 aromatic carbocycles. The summed E-state index contributed by atoms with van der Waals surface area (Å²) in [5, 5.41) is 1.76. The molecule has 1 fully saturated rings. The molecule has 0 spiro atoms. The highest BCUT2D eigenvalue weighted by atomic mass is 16.5. The molecule has 0 unspecified atom stereocenters. The van der Waals surface area contributed by atoms with Crippen LogP contribution < -0.4 is 10.3 Å². The molecule has 1 saturated heterocycles. The van der Waals surface area contributed by atoms with Crippen LogP contribution in [0.3, 0.4) is 0 Å². The topological polar surface area (TPSA) is 45.3 Å². The summed E-state index contributed by atoms with van der Waals surface area (Å²) in [6.07, 6.45) is 6.41. The lowest BCUT2D eigenvalue weighted by Crippen LogP contribution is -2.39. The zero-order valence-corrected chi connectivity index (χ0v) is 15.7. The minimum atomic E-state index is -0.0304. The van der Waals surface area contributed by atoms with Crippen molar-refractivity contribution in [2.24, 2.45) is 5.92 Å². The summed E-state index contributed by atoms with van der Waals surface area (Å²) in [7, 11) is 0. The Morgan fingerprint density at radius 3 is 2.68 bits per heavy atom. The molecule has 4 heteroatoms. The average Bonchev–Trinajstić information content (AvgIpc) is 2.61. The highest BCUT2D eigenvalue weighted by Gasteiger charge is 2.20. The second-order valence-corrected chi connectivity index (χ2v) is 7.55. The Bertz CT molecular complexity index is 758. The van der Waals surface area contributed by atoms with Gasteiger partial charge in [-0.25, -0.2) is 0 Å². The number of hydrogen-bond donors (Lipinski definition) is 1. The first-order valence-electron chi connectivity index (χ1n) is 9.60. The van der Waals surface area contributed by atoms with Gasteiger partial charge >= 0.3 is 0 Å². The van der Waals surface area contributed by atoms with Crippen LogP contribution in [-0.2, 0) is 6.42 Å². The van der Waals surface area contributed by atoms with Gasteiger partial charge in [0.05, 0.1) is 0 Å². The van der Waals surface area contributed by atoms with E-state index in [4.69, 9.17) is 4.74 Å². The van der Waals surface area contributed by atoms with Crippen LogP contribution in [0, 0.1) is 5.92 Å². The maximum absolute atomic E-state index is 12.0. The number of rotatable bonds is 6. The van der Waals surface area contributed by atoms with Gasteiger partial charge in [-0.05, 0) is 67.3 Å². The normalized spacial score (nSPS) is 16.6. The molecule has 0 amide bonds. The fraction of sp³-hybridized carbons (Fsp3) is 0.571. The molecule has 1 aliphatic heterocycles. The molecule has 136 valence electrons. The minimum absolute atomic E-state index is 0.0304. The Balaban J connectivity index is 1.65. The Morgan fingerprint density at radius 1 is 1.24 bits per heavy atom. The summed E-state index contributed by atoms with van der Waals surface area (Å²) in [6.45, 7) is 10.1. The van der Waals surface area contributed by atoms with Gasteiger partial charge in [0.25, 0.3) is 5.56 Å². The van der Waals surface area contributed by atoms with E-state index >= 15 is 0 Å². The summed E-state index contributed by atoms with van der Waals surface area (Å²) in [6, 6.07) is 5.86. The second-order valence-electron chi connectivity index (χ2n) is 7.55. The van der Waals surface area contributed by atoms with Crippen LogP contribution in [-0.4, -0.2) is 35.6 Å². The third-order valence-electron chi connectivity index (χ3n) is 5.20. The SMILES string of the molecule is CCc1c[nH]c(=O)c2ccc(OC3CCN(CCC(C)C)CC3)cc12. The van der Waals surface area contributed by atoms with E-state index in [0.717, 1.165) is 60.4 Å². The molecule has 0 saturated carbocycles. The molecule has 2 aromatic rings. The zero-order chi connectivity index (χ0) is 17.8. The summed E-state index contributed by atoms with van der Waals surface area (Å²) >= 11 is 0. The van der Waals surface area contributed by atoms with Crippen LogP contribution in [0.4, 0.5) is 0 Å². The van der Waals surface area contributed by atoms with E-state index in [2.05, 4.69) is 30.7 Å². The predicted octanol–water partition coefficient (Wildman–Crippen LogP) is 3.98. The Morgan fingerprint density at radius 2 is 2.00 bits per heavy atom. The van der Waals surface area contributed by atoms with Gasteiger partial charge in [-0.3, -0.25) is 4.79 Å². The van der Waals surface area contributed by atoms with Crippen molar-refractivity contribution < 1.29 is 4.74 Å². The molecule has 4 nitrogen and oxygen atoms in total. The largest absolute Gasteiger partial charge is 0.490 e. The maximum atomic E-state index is 12.0. The first-order valence-corrected chi connectivity index (χ1v) is 9.60. The number of aromatic nitrogens is 1. The third-order valence-corrected chi connectivity index (χ3v) is 5.20. The first kappa shape index (κ1) is 18.0. The van der Waals surface area contributed by atoms with Gasteiger partial charge in [-0.2, -0.15) is 0 Å². The molecule has 25 heavy (non-hydrogen) atoms. The lowest BCUT2D eigenvalue weighted by Gasteiger charge is -2.32. The summed E-state index contributed by atoms with van der Waals surface area (Å²) in [4.78, 5) is 17.4. The molecule has 3 rings (SSSR count). The maximum Gasteiger partial charge on any atom is 0.255 e. The fourth-order valence-corrected chi connectivity index (χ4v) is 3.54. The number of aryl methyl sites for hydroxylation is 1. The predicted molar refractivity (Wildman–Crippen MR) is 103 cm³/mol. The van der Waals surface area contributed by atoms with Crippen LogP contribution in [0.25, 0.3) is 10.8 Å². The van der Waals surface area contributed by atoms with Crippen molar-refractivity contribution >= 4 is 10.8 Å². The fourth-order valence-electron chi connectivity index (χ4n) is 3.54. The molecule has 1 N–H and O–H groups in total. The Labute approximate surface area is 150 Å². The van der Waals surface area contributed by atoms with Crippen LogP contribution >= 0.6 is 0 Å². The van der Waals surface area contributed by atoms with E-state index in [1.165, 1.54) is 13.0 Å². The van der Waals surface area contributed by atoms with Crippen molar-refractivity contribution in [1.29, 1.82) is 0 Å². The first-order chi connectivity index (χ1) is 12.1. The molecule has 0 aliphatic carbocycles. The number of hydrogen-bond acceptors (Lipinski definition) is 3. The van der Waals surface area contributed by atoms with E-state index in [1.807, 2.05) is 24.4 Å². The number of nitrogens with one attached hydrogen (secondary N) is 1. The third kappa shape index (κ3) is 4.43. The van der Waals surface area contributed by atoms with Crippen molar-refractivity contribution in [3.05, 3.63) is 40.3 Å². The number of aromatic amines is 1. The summed E-state index contributed by atoms with van der Waals surface area (Å²) in [5.41, 5.74) is 1.13. The average molecular weight is 342 g/mol. The molecular weight excluding hydrogens is 312 g/mol. The standard InChI is InChI=1S/C21H30N2O2/c1-4-16-14-22-21(24)19-6-5-18(13-20(16)19)25-17-8-11-23(12-9-17)10-7-15(2)3/h5-6,13-15,17H,4,7-12H2,1-3H3,(H,22,24). The van der Waals surface area contributed by atoms with E-state index < -0.39 is 0 Å². The van der Waals surface area contributed by atoms with E-state index in [-0.39, 0.29) is 11.7 Å². The smallest absolute Gasteiger partial charge is 0.255 e. The van der Waals surface area contributed by atoms with Crippen LogP contribution in [0.5, 0.6) is 5.75 Å². The molecule has 2 heterocycles. The minimum Gasteiger partial charge on any atom is -0.490 e. The number of H-pyrrole nitrogens is 1. The number of ether oxygens (including phenoxy) is 1. The quantitative estimate of drug-likeness (QED) is 0.864. The van der Waals surface area contributed by atoms with Gasteiger partial charge in [0.1, 0.15) is 11.9 Å². The molecular formula is C21H30N2O2. The summed E-state index contributed by atoms with van der Waals surface area (Å²) < 4.78 is 6.24. The van der Waals surface area contributed by atoms with Gasteiger partial charge < -0.3 is 14.6 Å². The molecule has 0 radical (unpaired) electrons. The van der Waals surface area contributed by atoms with Gasteiger partial charge in [-0.15, -0.1) is 0 Å². The van der Waals surface area contributed by atoms with E-state index in [0.29, 0.717) is 0 Å².